The first-order valence-corrected chi connectivity index (χ1v) is 12.2. The third kappa shape index (κ3) is 6.55. The van der Waals surface area contributed by atoms with E-state index in [2.05, 4.69) is 10.3 Å². The van der Waals surface area contributed by atoms with Crippen molar-refractivity contribution in [3.63, 3.8) is 0 Å². The first kappa shape index (κ1) is 24.6. The Morgan fingerprint density at radius 2 is 1.89 bits per heavy atom. The minimum atomic E-state index is -0.770. The average molecular weight is 472 g/mol. The summed E-state index contributed by atoms with van der Waals surface area (Å²) in [6, 6.07) is 18.7. The van der Waals surface area contributed by atoms with Crippen molar-refractivity contribution in [2.24, 2.45) is 0 Å². The molecule has 0 spiro atoms. The van der Waals surface area contributed by atoms with Crippen molar-refractivity contribution in [2.45, 2.75) is 51.8 Å². The second kappa shape index (κ2) is 11.8. The van der Waals surface area contributed by atoms with Gasteiger partial charge in [-0.3, -0.25) is 14.6 Å². The molecule has 2 atom stereocenters. The van der Waals surface area contributed by atoms with Crippen LogP contribution in [0.25, 0.3) is 0 Å². The molecule has 2 amide bonds. The van der Waals surface area contributed by atoms with Crippen LogP contribution in [0, 0.1) is 13.8 Å². The van der Waals surface area contributed by atoms with Crippen molar-refractivity contribution in [1.82, 2.24) is 15.2 Å². The third-order valence-corrected chi connectivity index (χ3v) is 6.48. The highest BCUT2D eigenvalue weighted by molar-refractivity contribution is 5.89. The summed E-state index contributed by atoms with van der Waals surface area (Å²) in [5.74, 6) is -0.313. The van der Waals surface area contributed by atoms with Gasteiger partial charge in [0.15, 0.2) is 0 Å². The number of hydrogen-bond acceptors (Lipinski definition) is 4. The molecule has 6 heteroatoms. The normalized spacial score (nSPS) is 16.0. The lowest BCUT2D eigenvalue weighted by Crippen LogP contribution is -2.45. The van der Waals surface area contributed by atoms with Gasteiger partial charge in [-0.15, -0.1) is 0 Å². The van der Waals surface area contributed by atoms with Gasteiger partial charge in [-0.25, -0.2) is 0 Å². The van der Waals surface area contributed by atoms with Gasteiger partial charge >= 0.3 is 0 Å². The summed E-state index contributed by atoms with van der Waals surface area (Å²) in [6.45, 7) is 5.45. The number of nitrogens with zero attached hydrogens (tertiary/aromatic N) is 2. The number of carbonyl (C=O) groups is 2. The molecular formula is C29H33N3O3. The van der Waals surface area contributed by atoms with E-state index < -0.39 is 6.04 Å². The van der Waals surface area contributed by atoms with Crippen LogP contribution in [0.2, 0.25) is 0 Å². The molecule has 35 heavy (non-hydrogen) atoms. The van der Waals surface area contributed by atoms with Gasteiger partial charge in [0, 0.05) is 32.1 Å². The lowest BCUT2D eigenvalue weighted by Gasteiger charge is -2.32. The Hall–Kier alpha value is -3.51. The fraction of sp³-hybridized carbons (Fsp3) is 0.345. The fourth-order valence-corrected chi connectivity index (χ4v) is 4.42. The molecule has 6 nitrogen and oxygen atoms in total. The first-order chi connectivity index (χ1) is 17.0. The number of amides is 2. The Morgan fingerprint density at radius 1 is 1.09 bits per heavy atom. The molecule has 0 aliphatic carbocycles. The number of rotatable bonds is 9. The van der Waals surface area contributed by atoms with Crippen molar-refractivity contribution in [3.8, 4) is 0 Å². The van der Waals surface area contributed by atoms with E-state index in [0.717, 1.165) is 47.3 Å². The molecule has 0 bridgehead atoms. The van der Waals surface area contributed by atoms with E-state index in [9.17, 15) is 9.59 Å². The van der Waals surface area contributed by atoms with E-state index in [1.807, 2.05) is 74.5 Å². The third-order valence-electron chi connectivity index (χ3n) is 6.48. The second-order valence-electron chi connectivity index (χ2n) is 9.18. The maximum absolute atomic E-state index is 13.8. The Kier molecular flexibility index (Phi) is 8.27. The number of aromatic nitrogens is 1. The number of pyridine rings is 1. The monoisotopic (exact) mass is 471 g/mol. The highest BCUT2D eigenvalue weighted by Crippen LogP contribution is 2.26. The zero-order valence-corrected chi connectivity index (χ0v) is 20.4. The molecule has 4 rings (SSSR count). The summed E-state index contributed by atoms with van der Waals surface area (Å²) in [5, 5.41) is 3.06. The van der Waals surface area contributed by atoms with Crippen LogP contribution in [0.15, 0.2) is 73.1 Å². The zero-order chi connectivity index (χ0) is 24.6. The SMILES string of the molecule is Cc1ccc(C(C(=O)NCC2CCCO2)N(Cc2cccnc2)C(=O)Cc2ccccc2C)cc1. The van der Waals surface area contributed by atoms with Crippen LogP contribution >= 0.6 is 0 Å². The van der Waals surface area contributed by atoms with Gasteiger partial charge in [0.05, 0.1) is 12.5 Å². The number of ether oxygens (including phenoxy) is 1. The van der Waals surface area contributed by atoms with Gasteiger partial charge in [-0.2, -0.15) is 0 Å². The lowest BCUT2D eigenvalue weighted by atomic mass is 9.99. The number of benzene rings is 2. The van der Waals surface area contributed by atoms with Gasteiger partial charge in [0.2, 0.25) is 11.8 Å². The van der Waals surface area contributed by atoms with Crippen LogP contribution in [0.1, 0.15) is 46.7 Å². The number of carbonyl (C=O) groups excluding carboxylic acids is 2. The minimum absolute atomic E-state index is 0.0204. The largest absolute Gasteiger partial charge is 0.376 e. The van der Waals surface area contributed by atoms with E-state index >= 15 is 0 Å². The molecule has 2 heterocycles. The quantitative estimate of drug-likeness (QED) is 0.505. The highest BCUT2D eigenvalue weighted by atomic mass is 16.5. The molecule has 1 aliphatic rings. The highest BCUT2D eigenvalue weighted by Gasteiger charge is 2.32. The van der Waals surface area contributed by atoms with Gasteiger partial charge in [0.25, 0.3) is 0 Å². The van der Waals surface area contributed by atoms with E-state index in [4.69, 9.17) is 4.74 Å². The molecular weight excluding hydrogens is 438 g/mol. The molecule has 3 aromatic rings. The molecule has 1 aliphatic heterocycles. The summed E-state index contributed by atoms with van der Waals surface area (Å²) in [6.07, 6.45) is 5.62. The maximum Gasteiger partial charge on any atom is 0.247 e. The topological polar surface area (TPSA) is 71.5 Å². The molecule has 0 saturated carbocycles. The molecule has 0 radical (unpaired) electrons. The molecule has 1 saturated heterocycles. The minimum Gasteiger partial charge on any atom is -0.376 e. The number of aryl methyl sites for hydroxylation is 2. The van der Waals surface area contributed by atoms with Crippen molar-refractivity contribution >= 4 is 11.8 Å². The van der Waals surface area contributed by atoms with Crippen LogP contribution in [0.5, 0.6) is 0 Å². The summed E-state index contributed by atoms with van der Waals surface area (Å²) in [7, 11) is 0. The van der Waals surface area contributed by atoms with Crippen LogP contribution in [-0.4, -0.2) is 41.0 Å². The standard InChI is InChI=1S/C29H33N3O3/c1-21-11-13-24(14-12-21)28(29(34)31-19-26-10-6-16-35-26)32(20-23-8-5-15-30-18-23)27(33)17-25-9-4-3-7-22(25)2/h3-5,7-9,11-15,18,26,28H,6,10,16-17,19-20H2,1-2H3,(H,31,34). The molecule has 2 unspecified atom stereocenters. The van der Waals surface area contributed by atoms with Crippen LogP contribution in [0.3, 0.4) is 0 Å². The van der Waals surface area contributed by atoms with Gasteiger partial charge < -0.3 is 15.0 Å². The van der Waals surface area contributed by atoms with Crippen molar-refractivity contribution in [2.75, 3.05) is 13.2 Å². The lowest BCUT2D eigenvalue weighted by molar-refractivity contribution is -0.141. The smallest absolute Gasteiger partial charge is 0.247 e. The molecule has 1 aromatic heterocycles. The predicted octanol–water partition coefficient (Wildman–Crippen LogP) is 4.31. The van der Waals surface area contributed by atoms with Gasteiger partial charge in [0.1, 0.15) is 6.04 Å². The Morgan fingerprint density at radius 3 is 2.57 bits per heavy atom. The zero-order valence-electron chi connectivity index (χ0n) is 20.4. The van der Waals surface area contributed by atoms with Crippen molar-refractivity contribution in [1.29, 1.82) is 0 Å². The molecule has 1 N–H and O–H groups in total. The summed E-state index contributed by atoms with van der Waals surface area (Å²) < 4.78 is 5.70. The van der Waals surface area contributed by atoms with E-state index in [0.29, 0.717) is 6.54 Å². The van der Waals surface area contributed by atoms with Gasteiger partial charge in [-0.05, 0) is 55.0 Å². The number of hydrogen-bond donors (Lipinski definition) is 1. The molecule has 1 fully saturated rings. The van der Waals surface area contributed by atoms with Crippen molar-refractivity contribution < 1.29 is 14.3 Å². The Balaban J connectivity index is 1.67. The Labute approximate surface area is 207 Å². The molecule has 182 valence electrons. The second-order valence-corrected chi connectivity index (χ2v) is 9.18. The van der Waals surface area contributed by atoms with E-state index in [1.54, 1.807) is 17.3 Å². The van der Waals surface area contributed by atoms with E-state index in [-0.39, 0.29) is 30.9 Å². The van der Waals surface area contributed by atoms with Crippen LogP contribution in [-0.2, 0) is 27.3 Å². The first-order valence-electron chi connectivity index (χ1n) is 12.2. The van der Waals surface area contributed by atoms with Crippen LogP contribution < -0.4 is 5.32 Å². The summed E-state index contributed by atoms with van der Waals surface area (Å²) >= 11 is 0. The Bertz CT molecular complexity index is 1130. The molecule has 2 aromatic carbocycles. The summed E-state index contributed by atoms with van der Waals surface area (Å²) in [4.78, 5) is 33.4. The van der Waals surface area contributed by atoms with Gasteiger partial charge in [-0.1, -0.05) is 60.2 Å². The predicted molar refractivity (Wildman–Crippen MR) is 136 cm³/mol. The van der Waals surface area contributed by atoms with Crippen LogP contribution in [0.4, 0.5) is 0 Å². The number of nitrogens with one attached hydrogen (secondary N) is 1. The average Bonchev–Trinajstić information content (AvgIpc) is 3.39. The summed E-state index contributed by atoms with van der Waals surface area (Å²) in [5.41, 5.74) is 4.75. The van der Waals surface area contributed by atoms with Crippen molar-refractivity contribution in [3.05, 3.63) is 101 Å². The fourth-order valence-electron chi connectivity index (χ4n) is 4.42. The van der Waals surface area contributed by atoms with E-state index in [1.165, 1.54) is 0 Å². The maximum atomic E-state index is 13.8.